The van der Waals surface area contributed by atoms with E-state index in [-0.39, 0.29) is 0 Å². The van der Waals surface area contributed by atoms with Gasteiger partial charge in [-0.1, -0.05) is 0 Å². The van der Waals surface area contributed by atoms with Crippen molar-refractivity contribution in [2.45, 2.75) is 19.8 Å². The zero-order valence-electron chi connectivity index (χ0n) is 6.00. The smallest absolute Gasteiger partial charge is 0.300 e. The van der Waals surface area contributed by atoms with Crippen LogP contribution in [0.4, 0.5) is 0 Å². The van der Waals surface area contributed by atoms with Gasteiger partial charge in [-0.15, -0.1) is 0 Å². The number of hydrogen-bond donors (Lipinski definition) is 1. The van der Waals surface area contributed by atoms with Gasteiger partial charge in [-0.25, -0.2) is 9.78 Å². The zero-order valence-corrected chi connectivity index (χ0v) is 6.00. The van der Waals surface area contributed by atoms with E-state index in [1.54, 1.807) is 0 Å². The standard InChI is InChI=1S/C4H8O2.C2H4O2/c1-2-4-6-5-3-1;1-2(3)4/h1-4H2;1H3,(H,3,4). The van der Waals surface area contributed by atoms with Crippen LogP contribution in [0.25, 0.3) is 0 Å². The van der Waals surface area contributed by atoms with E-state index in [0.717, 1.165) is 33.0 Å². The Balaban J connectivity index is 0.000000180. The molecule has 0 unspecified atom stereocenters. The highest BCUT2D eigenvalue weighted by Gasteiger charge is 1.95. The summed E-state index contributed by atoms with van der Waals surface area (Å²) < 4.78 is 0. The Hall–Kier alpha value is -0.610. The van der Waals surface area contributed by atoms with Crippen molar-refractivity contribution in [2.75, 3.05) is 13.2 Å². The number of carboxylic acids is 1. The first-order valence-electron chi connectivity index (χ1n) is 3.17. The topological polar surface area (TPSA) is 55.8 Å². The second kappa shape index (κ2) is 6.51. The van der Waals surface area contributed by atoms with Crippen molar-refractivity contribution < 1.29 is 19.7 Å². The van der Waals surface area contributed by atoms with Crippen molar-refractivity contribution in [3.8, 4) is 0 Å². The molecule has 0 atom stereocenters. The first-order chi connectivity index (χ1) is 4.73. The summed E-state index contributed by atoms with van der Waals surface area (Å²) in [4.78, 5) is 18.1. The highest BCUT2D eigenvalue weighted by atomic mass is 17.2. The van der Waals surface area contributed by atoms with Crippen LogP contribution in [0.1, 0.15) is 19.8 Å². The van der Waals surface area contributed by atoms with Crippen LogP contribution in [0.5, 0.6) is 0 Å². The van der Waals surface area contributed by atoms with E-state index < -0.39 is 5.97 Å². The van der Waals surface area contributed by atoms with Crippen molar-refractivity contribution in [3.05, 3.63) is 0 Å². The van der Waals surface area contributed by atoms with E-state index in [9.17, 15) is 0 Å². The van der Waals surface area contributed by atoms with Crippen LogP contribution >= 0.6 is 0 Å². The van der Waals surface area contributed by atoms with Crippen molar-refractivity contribution in [1.29, 1.82) is 0 Å². The molecule has 0 aliphatic carbocycles. The van der Waals surface area contributed by atoms with Crippen LogP contribution < -0.4 is 0 Å². The van der Waals surface area contributed by atoms with E-state index in [2.05, 4.69) is 9.78 Å². The molecule has 0 bridgehead atoms. The molecule has 0 amide bonds. The average molecular weight is 148 g/mol. The molecule has 1 aliphatic rings. The molecule has 1 aliphatic heterocycles. The number of hydrogen-bond acceptors (Lipinski definition) is 3. The van der Waals surface area contributed by atoms with Gasteiger partial charge in [-0.05, 0) is 12.8 Å². The third kappa shape index (κ3) is 10.4. The normalized spacial score (nSPS) is 16.9. The highest BCUT2D eigenvalue weighted by molar-refractivity contribution is 5.62. The summed E-state index contributed by atoms with van der Waals surface area (Å²) in [5.41, 5.74) is 0. The molecule has 1 N–H and O–H groups in total. The number of rotatable bonds is 0. The third-order valence-electron chi connectivity index (χ3n) is 0.789. The molecule has 60 valence electrons. The van der Waals surface area contributed by atoms with Crippen LogP contribution in [0.2, 0.25) is 0 Å². The minimum Gasteiger partial charge on any atom is -0.481 e. The van der Waals surface area contributed by atoms with Gasteiger partial charge in [0, 0.05) is 6.92 Å². The Morgan fingerprint density at radius 1 is 1.30 bits per heavy atom. The van der Waals surface area contributed by atoms with Gasteiger partial charge in [0.2, 0.25) is 0 Å². The molecule has 0 saturated carbocycles. The first kappa shape index (κ1) is 9.39. The highest BCUT2D eigenvalue weighted by Crippen LogP contribution is 1.97. The third-order valence-corrected chi connectivity index (χ3v) is 0.789. The van der Waals surface area contributed by atoms with Crippen molar-refractivity contribution >= 4 is 5.97 Å². The summed E-state index contributed by atoms with van der Waals surface area (Å²) >= 11 is 0. The summed E-state index contributed by atoms with van der Waals surface area (Å²) in [6, 6.07) is 0. The number of carbonyl (C=O) groups is 1. The largest absolute Gasteiger partial charge is 0.481 e. The molecule has 0 aromatic rings. The van der Waals surface area contributed by atoms with Crippen molar-refractivity contribution in [1.82, 2.24) is 0 Å². The molecular weight excluding hydrogens is 136 g/mol. The molecule has 0 aromatic carbocycles. The van der Waals surface area contributed by atoms with Gasteiger partial charge in [0.05, 0.1) is 13.2 Å². The predicted octanol–water partition coefficient (Wildman–Crippen LogP) is 0.819. The molecular formula is C6H12O4. The molecule has 1 fully saturated rings. The van der Waals surface area contributed by atoms with Crippen molar-refractivity contribution in [3.63, 3.8) is 0 Å². The van der Waals surface area contributed by atoms with Crippen molar-refractivity contribution in [2.24, 2.45) is 0 Å². The van der Waals surface area contributed by atoms with Gasteiger partial charge in [0.15, 0.2) is 0 Å². The minimum absolute atomic E-state index is 0.778. The molecule has 10 heavy (non-hydrogen) atoms. The van der Waals surface area contributed by atoms with Crippen LogP contribution in [-0.2, 0) is 14.6 Å². The predicted molar refractivity (Wildman–Crippen MR) is 34.4 cm³/mol. The molecule has 4 nitrogen and oxygen atoms in total. The molecule has 0 spiro atoms. The van der Waals surface area contributed by atoms with E-state index in [0.29, 0.717) is 0 Å². The average Bonchev–Trinajstić information content (AvgIpc) is 1.90. The monoisotopic (exact) mass is 148 g/mol. The maximum atomic E-state index is 9.00. The molecule has 0 radical (unpaired) electrons. The van der Waals surface area contributed by atoms with Gasteiger partial charge in [-0.2, -0.15) is 0 Å². The Morgan fingerprint density at radius 2 is 1.60 bits per heavy atom. The lowest BCUT2D eigenvalue weighted by Crippen LogP contribution is -2.05. The zero-order chi connectivity index (χ0) is 7.82. The quantitative estimate of drug-likeness (QED) is 0.517. The molecule has 4 heteroatoms. The maximum absolute atomic E-state index is 9.00. The second-order valence-electron chi connectivity index (χ2n) is 1.87. The summed E-state index contributed by atoms with van der Waals surface area (Å²) in [6.07, 6.45) is 2.31. The fourth-order valence-electron chi connectivity index (χ4n) is 0.440. The summed E-state index contributed by atoms with van der Waals surface area (Å²) in [7, 11) is 0. The van der Waals surface area contributed by atoms with E-state index >= 15 is 0 Å². The maximum Gasteiger partial charge on any atom is 0.300 e. The fourth-order valence-corrected chi connectivity index (χ4v) is 0.440. The fraction of sp³-hybridized carbons (Fsp3) is 0.833. The SMILES string of the molecule is C1CCOOC1.CC(=O)O. The number of aliphatic carboxylic acids is 1. The van der Waals surface area contributed by atoms with Crippen LogP contribution in [0, 0.1) is 0 Å². The van der Waals surface area contributed by atoms with Crippen LogP contribution in [0.15, 0.2) is 0 Å². The lowest BCUT2D eigenvalue weighted by Gasteiger charge is -2.07. The van der Waals surface area contributed by atoms with E-state index in [4.69, 9.17) is 9.90 Å². The molecule has 0 aromatic heterocycles. The van der Waals surface area contributed by atoms with E-state index in [1.807, 2.05) is 0 Å². The Labute approximate surface area is 59.7 Å². The summed E-state index contributed by atoms with van der Waals surface area (Å²) in [6.45, 7) is 2.64. The van der Waals surface area contributed by atoms with Gasteiger partial charge in [0.1, 0.15) is 0 Å². The molecule has 1 rings (SSSR count). The Morgan fingerprint density at radius 3 is 1.70 bits per heavy atom. The van der Waals surface area contributed by atoms with Gasteiger partial charge < -0.3 is 5.11 Å². The summed E-state index contributed by atoms with van der Waals surface area (Å²) in [5.74, 6) is -0.833. The first-order valence-corrected chi connectivity index (χ1v) is 3.17. The van der Waals surface area contributed by atoms with Crippen LogP contribution in [0.3, 0.4) is 0 Å². The van der Waals surface area contributed by atoms with E-state index in [1.165, 1.54) is 0 Å². The Kier molecular flexibility index (Phi) is 6.11. The second-order valence-corrected chi connectivity index (χ2v) is 1.87. The molecule has 1 heterocycles. The van der Waals surface area contributed by atoms with Gasteiger partial charge in [0.25, 0.3) is 5.97 Å². The molecule has 1 saturated heterocycles. The summed E-state index contributed by atoms with van der Waals surface area (Å²) in [5, 5.41) is 7.42. The lowest BCUT2D eigenvalue weighted by molar-refractivity contribution is -0.312. The number of carboxylic acid groups (broad SMARTS) is 1. The van der Waals surface area contributed by atoms with Crippen LogP contribution in [-0.4, -0.2) is 24.3 Å². The minimum atomic E-state index is -0.833. The lowest BCUT2D eigenvalue weighted by atomic mass is 10.3. The van der Waals surface area contributed by atoms with Gasteiger partial charge >= 0.3 is 0 Å². The van der Waals surface area contributed by atoms with Gasteiger partial charge in [-0.3, -0.25) is 4.79 Å². The Bertz CT molecular complexity index is 72.2.